The zero-order valence-corrected chi connectivity index (χ0v) is 14.0. The average molecular weight is 314 g/mol. The summed E-state index contributed by atoms with van der Waals surface area (Å²) in [5, 5.41) is 12.0. The Morgan fingerprint density at radius 3 is 2.70 bits per heavy atom. The van der Waals surface area contributed by atoms with E-state index in [1.54, 1.807) is 0 Å². The van der Waals surface area contributed by atoms with Gasteiger partial charge in [-0.15, -0.1) is 10.2 Å². The van der Waals surface area contributed by atoms with Gasteiger partial charge >= 0.3 is 0 Å². The number of hydrogen-bond donors (Lipinski definition) is 1. The van der Waals surface area contributed by atoms with Crippen molar-refractivity contribution in [3.8, 4) is 0 Å². The maximum absolute atomic E-state index is 6.20. The summed E-state index contributed by atoms with van der Waals surface area (Å²) in [6, 6.07) is 10.8. The molecular formula is C18H26N4O. The highest BCUT2D eigenvalue weighted by Crippen LogP contribution is 2.22. The summed E-state index contributed by atoms with van der Waals surface area (Å²) in [6.45, 7) is 3.41. The van der Waals surface area contributed by atoms with Gasteiger partial charge in [-0.05, 0) is 25.3 Å². The lowest BCUT2D eigenvalue weighted by Crippen LogP contribution is -2.43. The molecule has 0 aliphatic heterocycles. The van der Waals surface area contributed by atoms with Gasteiger partial charge in [-0.2, -0.15) is 0 Å². The Bertz CT molecular complexity index is 611. The van der Waals surface area contributed by atoms with Crippen LogP contribution >= 0.6 is 0 Å². The Labute approximate surface area is 138 Å². The summed E-state index contributed by atoms with van der Waals surface area (Å²) in [6.07, 6.45) is 5.08. The first-order chi connectivity index (χ1) is 11.2. The fourth-order valence-corrected chi connectivity index (χ4v) is 3.13. The van der Waals surface area contributed by atoms with Crippen molar-refractivity contribution in [2.75, 3.05) is 0 Å². The van der Waals surface area contributed by atoms with Crippen molar-refractivity contribution in [2.45, 2.75) is 57.9 Å². The van der Waals surface area contributed by atoms with E-state index in [-0.39, 0.29) is 6.10 Å². The minimum absolute atomic E-state index is 0.276. The highest BCUT2D eigenvalue weighted by atomic mass is 16.5. The van der Waals surface area contributed by atoms with Crippen molar-refractivity contribution < 1.29 is 4.74 Å². The van der Waals surface area contributed by atoms with Gasteiger partial charge in [-0.3, -0.25) is 0 Å². The van der Waals surface area contributed by atoms with E-state index in [2.05, 4.69) is 39.8 Å². The van der Waals surface area contributed by atoms with E-state index in [0.717, 1.165) is 31.0 Å². The zero-order chi connectivity index (χ0) is 16.1. The number of benzene rings is 1. The van der Waals surface area contributed by atoms with Crippen molar-refractivity contribution in [2.24, 2.45) is 7.05 Å². The van der Waals surface area contributed by atoms with Gasteiger partial charge in [0.2, 0.25) is 0 Å². The molecule has 3 rings (SSSR count). The topological polar surface area (TPSA) is 52.0 Å². The average Bonchev–Trinajstić information content (AvgIpc) is 2.91. The van der Waals surface area contributed by atoms with E-state index in [1.165, 1.54) is 18.4 Å². The van der Waals surface area contributed by atoms with Crippen LogP contribution in [0.2, 0.25) is 0 Å². The van der Waals surface area contributed by atoms with Gasteiger partial charge < -0.3 is 14.6 Å². The van der Waals surface area contributed by atoms with E-state index in [9.17, 15) is 0 Å². The molecule has 0 spiro atoms. The second-order valence-electron chi connectivity index (χ2n) is 6.33. The second-order valence-corrected chi connectivity index (χ2v) is 6.33. The molecule has 1 aliphatic carbocycles. The van der Waals surface area contributed by atoms with Crippen LogP contribution < -0.4 is 5.32 Å². The third kappa shape index (κ3) is 4.18. The summed E-state index contributed by atoms with van der Waals surface area (Å²) in [5.41, 5.74) is 1.24. The van der Waals surface area contributed by atoms with Crippen molar-refractivity contribution in [1.29, 1.82) is 0 Å². The largest absolute Gasteiger partial charge is 0.372 e. The molecule has 1 heterocycles. The van der Waals surface area contributed by atoms with Crippen LogP contribution in [0.3, 0.4) is 0 Å². The van der Waals surface area contributed by atoms with Crippen LogP contribution in [-0.4, -0.2) is 26.9 Å². The molecule has 124 valence electrons. The van der Waals surface area contributed by atoms with Crippen LogP contribution in [0.25, 0.3) is 0 Å². The van der Waals surface area contributed by atoms with Crippen LogP contribution in [0.4, 0.5) is 0 Å². The van der Waals surface area contributed by atoms with Crippen molar-refractivity contribution >= 4 is 0 Å². The lowest BCUT2D eigenvalue weighted by molar-refractivity contribution is -0.00615. The molecule has 0 radical (unpaired) electrons. The number of ether oxygens (including phenoxy) is 1. The third-order valence-corrected chi connectivity index (χ3v) is 4.71. The Morgan fingerprint density at radius 2 is 1.96 bits per heavy atom. The van der Waals surface area contributed by atoms with Gasteiger partial charge in [0, 0.05) is 13.1 Å². The first-order valence-corrected chi connectivity index (χ1v) is 8.48. The van der Waals surface area contributed by atoms with E-state index in [0.29, 0.717) is 12.6 Å². The molecule has 1 N–H and O–H groups in total. The summed E-state index contributed by atoms with van der Waals surface area (Å²) >= 11 is 0. The molecule has 5 heteroatoms. The van der Waals surface area contributed by atoms with Crippen LogP contribution in [0.15, 0.2) is 30.3 Å². The van der Waals surface area contributed by atoms with Crippen LogP contribution in [0.1, 0.15) is 42.9 Å². The predicted molar refractivity (Wildman–Crippen MR) is 89.9 cm³/mol. The van der Waals surface area contributed by atoms with Crippen molar-refractivity contribution in [3.05, 3.63) is 47.5 Å². The molecule has 5 nitrogen and oxygen atoms in total. The Hall–Kier alpha value is -1.72. The van der Waals surface area contributed by atoms with Gasteiger partial charge in [-0.1, -0.05) is 43.2 Å². The smallest absolute Gasteiger partial charge is 0.146 e. The molecule has 2 atom stereocenters. The SMILES string of the molecule is Cc1nnc(CN[C@H]2CCCC[C@H]2OCc2ccccc2)n1C. The number of nitrogens with zero attached hydrogens (tertiary/aromatic N) is 3. The number of hydrogen-bond acceptors (Lipinski definition) is 4. The van der Waals surface area contributed by atoms with Gasteiger partial charge in [0.25, 0.3) is 0 Å². The summed E-state index contributed by atoms with van der Waals surface area (Å²) in [7, 11) is 2.01. The first kappa shape index (κ1) is 16.1. The Morgan fingerprint density at radius 1 is 1.17 bits per heavy atom. The standard InChI is InChI=1S/C18H26N4O/c1-14-20-21-18(22(14)2)12-19-16-10-6-7-11-17(16)23-13-15-8-4-3-5-9-15/h3-5,8-9,16-17,19H,6-7,10-13H2,1-2H3/t16-,17+/m0/s1. The molecule has 1 aromatic carbocycles. The third-order valence-electron chi connectivity index (χ3n) is 4.71. The molecule has 2 aromatic rings. The van der Waals surface area contributed by atoms with Gasteiger partial charge in [0.1, 0.15) is 11.6 Å². The van der Waals surface area contributed by atoms with Gasteiger partial charge in [0.15, 0.2) is 0 Å². The maximum atomic E-state index is 6.20. The predicted octanol–water partition coefficient (Wildman–Crippen LogP) is 2.74. The summed E-state index contributed by atoms with van der Waals surface area (Å²) in [5.74, 6) is 1.93. The molecule has 1 aromatic heterocycles. The molecule has 1 saturated carbocycles. The van der Waals surface area contributed by atoms with Crippen molar-refractivity contribution in [3.63, 3.8) is 0 Å². The monoisotopic (exact) mass is 314 g/mol. The number of aromatic nitrogens is 3. The molecule has 1 aliphatic rings. The fraction of sp³-hybridized carbons (Fsp3) is 0.556. The number of aryl methyl sites for hydroxylation is 1. The molecule has 0 unspecified atom stereocenters. The molecule has 23 heavy (non-hydrogen) atoms. The lowest BCUT2D eigenvalue weighted by atomic mass is 9.92. The quantitative estimate of drug-likeness (QED) is 0.891. The number of rotatable bonds is 6. The van der Waals surface area contributed by atoms with E-state index in [4.69, 9.17) is 4.74 Å². The molecule has 0 amide bonds. The van der Waals surface area contributed by atoms with Crippen LogP contribution in [-0.2, 0) is 24.9 Å². The first-order valence-electron chi connectivity index (χ1n) is 8.48. The van der Waals surface area contributed by atoms with Crippen LogP contribution in [0, 0.1) is 6.92 Å². The summed E-state index contributed by atoms with van der Waals surface area (Å²) in [4.78, 5) is 0. The summed E-state index contributed by atoms with van der Waals surface area (Å²) < 4.78 is 8.24. The van der Waals surface area contributed by atoms with Gasteiger partial charge in [-0.25, -0.2) is 0 Å². The highest BCUT2D eigenvalue weighted by molar-refractivity contribution is 5.13. The fourth-order valence-electron chi connectivity index (χ4n) is 3.13. The van der Waals surface area contributed by atoms with Crippen LogP contribution in [0.5, 0.6) is 0 Å². The van der Waals surface area contributed by atoms with E-state index < -0.39 is 0 Å². The maximum Gasteiger partial charge on any atom is 0.146 e. The Balaban J connectivity index is 1.54. The normalized spacial score (nSPS) is 21.5. The Kier molecular flexibility index (Phi) is 5.41. The minimum atomic E-state index is 0.276. The van der Waals surface area contributed by atoms with E-state index in [1.807, 2.05) is 24.6 Å². The second kappa shape index (κ2) is 7.70. The lowest BCUT2D eigenvalue weighted by Gasteiger charge is -2.32. The molecule has 0 saturated heterocycles. The molecule has 1 fully saturated rings. The number of nitrogens with one attached hydrogen (secondary N) is 1. The van der Waals surface area contributed by atoms with E-state index >= 15 is 0 Å². The minimum Gasteiger partial charge on any atom is -0.372 e. The zero-order valence-electron chi connectivity index (χ0n) is 14.0. The molecule has 0 bridgehead atoms. The van der Waals surface area contributed by atoms with Gasteiger partial charge in [0.05, 0.1) is 19.3 Å². The van der Waals surface area contributed by atoms with Crippen molar-refractivity contribution in [1.82, 2.24) is 20.1 Å². The highest BCUT2D eigenvalue weighted by Gasteiger charge is 2.25. The molecular weight excluding hydrogens is 288 g/mol.